The molecule has 0 spiro atoms. The number of nitrogens with one attached hydrogen (secondary N) is 1. The van der Waals surface area contributed by atoms with Gasteiger partial charge in [0, 0.05) is 23.9 Å². The molecule has 0 aliphatic heterocycles. The lowest BCUT2D eigenvalue weighted by molar-refractivity contribution is 0.0955. The number of methoxy groups -OCH3 is 1. The summed E-state index contributed by atoms with van der Waals surface area (Å²) >= 11 is 1.37. The van der Waals surface area contributed by atoms with Crippen LogP contribution in [0.4, 0.5) is 0 Å². The fourth-order valence-corrected chi connectivity index (χ4v) is 2.43. The molecule has 1 aliphatic carbocycles. The zero-order valence-corrected chi connectivity index (χ0v) is 11.2. The van der Waals surface area contributed by atoms with Gasteiger partial charge in [-0.15, -0.1) is 11.3 Å². The maximum atomic E-state index is 11.9. The van der Waals surface area contributed by atoms with Gasteiger partial charge in [-0.2, -0.15) is 0 Å². The molecule has 3 rings (SSSR count). The van der Waals surface area contributed by atoms with Crippen molar-refractivity contribution < 1.29 is 9.53 Å². The summed E-state index contributed by atoms with van der Waals surface area (Å²) in [5, 5.41) is 3.74. The molecular formula is C13H13N3O2S. The van der Waals surface area contributed by atoms with Crippen molar-refractivity contribution in [2.24, 2.45) is 0 Å². The highest BCUT2D eigenvalue weighted by Gasteiger charge is 2.24. The number of rotatable bonds is 4. The van der Waals surface area contributed by atoms with Gasteiger partial charge in [-0.25, -0.2) is 9.97 Å². The van der Waals surface area contributed by atoms with Crippen LogP contribution in [0, 0.1) is 0 Å². The minimum atomic E-state index is -0.0345. The number of carbonyl (C=O) groups excluding carboxylic acids is 1. The molecular weight excluding hydrogens is 262 g/mol. The van der Waals surface area contributed by atoms with Crippen molar-refractivity contribution in [1.29, 1.82) is 0 Å². The first-order valence-electron chi connectivity index (χ1n) is 6.03. The minimum Gasteiger partial charge on any atom is -0.481 e. The van der Waals surface area contributed by atoms with Gasteiger partial charge in [0.25, 0.3) is 5.91 Å². The number of nitrogens with zero attached hydrogens (tertiary/aromatic N) is 2. The number of hydrogen-bond donors (Lipinski definition) is 1. The quantitative estimate of drug-likeness (QED) is 0.928. The van der Waals surface area contributed by atoms with E-state index in [1.54, 1.807) is 25.6 Å². The molecule has 1 amide bonds. The van der Waals surface area contributed by atoms with Gasteiger partial charge in [0.2, 0.25) is 5.88 Å². The molecule has 1 aliphatic rings. The predicted molar refractivity (Wildman–Crippen MR) is 72.4 cm³/mol. The molecule has 19 heavy (non-hydrogen) atoms. The molecule has 2 aromatic rings. The SMILES string of the molecule is COc1ccc(-c2ncc(C(=O)NC3CC3)s2)cn1. The summed E-state index contributed by atoms with van der Waals surface area (Å²) in [6.45, 7) is 0. The number of aromatic nitrogens is 2. The Balaban J connectivity index is 1.77. The van der Waals surface area contributed by atoms with Gasteiger partial charge in [-0.3, -0.25) is 4.79 Å². The molecule has 2 heterocycles. The molecule has 0 bridgehead atoms. The fraction of sp³-hybridized carbons (Fsp3) is 0.308. The Morgan fingerprint density at radius 1 is 1.37 bits per heavy atom. The molecule has 0 aromatic carbocycles. The van der Waals surface area contributed by atoms with Crippen molar-refractivity contribution in [2.75, 3.05) is 7.11 Å². The van der Waals surface area contributed by atoms with Gasteiger partial charge in [0.15, 0.2) is 0 Å². The highest BCUT2D eigenvalue weighted by Crippen LogP contribution is 2.26. The van der Waals surface area contributed by atoms with Crippen molar-refractivity contribution >= 4 is 17.2 Å². The molecule has 0 unspecified atom stereocenters. The smallest absolute Gasteiger partial charge is 0.263 e. The topological polar surface area (TPSA) is 64.1 Å². The van der Waals surface area contributed by atoms with Gasteiger partial charge >= 0.3 is 0 Å². The summed E-state index contributed by atoms with van der Waals surface area (Å²) in [7, 11) is 1.58. The molecule has 0 saturated heterocycles. The largest absolute Gasteiger partial charge is 0.481 e. The summed E-state index contributed by atoms with van der Waals surface area (Å²) in [6, 6.07) is 4.02. The Hall–Kier alpha value is -1.95. The number of thiazole rings is 1. The van der Waals surface area contributed by atoms with E-state index in [1.807, 2.05) is 6.07 Å². The van der Waals surface area contributed by atoms with Gasteiger partial charge < -0.3 is 10.1 Å². The maximum Gasteiger partial charge on any atom is 0.263 e. The first kappa shape index (κ1) is 12.1. The van der Waals surface area contributed by atoms with E-state index in [4.69, 9.17) is 4.74 Å². The second-order valence-electron chi connectivity index (χ2n) is 4.37. The maximum absolute atomic E-state index is 11.9. The van der Waals surface area contributed by atoms with Crippen molar-refractivity contribution in [3.05, 3.63) is 29.4 Å². The van der Waals surface area contributed by atoms with Crippen LogP contribution in [0.3, 0.4) is 0 Å². The van der Waals surface area contributed by atoms with E-state index in [1.165, 1.54) is 11.3 Å². The third-order valence-electron chi connectivity index (χ3n) is 2.83. The summed E-state index contributed by atoms with van der Waals surface area (Å²) < 4.78 is 5.01. The lowest BCUT2D eigenvalue weighted by Gasteiger charge is -1.99. The standard InChI is InChI=1S/C13H13N3O2S/c1-18-11-5-2-8(6-14-11)13-15-7-10(19-13)12(17)16-9-3-4-9/h2,5-7,9H,3-4H2,1H3,(H,16,17). The molecule has 1 N–H and O–H groups in total. The van der Waals surface area contributed by atoms with Crippen LogP contribution >= 0.6 is 11.3 Å². The lowest BCUT2D eigenvalue weighted by Crippen LogP contribution is -2.24. The molecule has 0 radical (unpaired) electrons. The molecule has 98 valence electrons. The highest BCUT2D eigenvalue weighted by molar-refractivity contribution is 7.16. The van der Waals surface area contributed by atoms with Crippen LogP contribution in [0.2, 0.25) is 0 Å². The second kappa shape index (κ2) is 4.97. The summed E-state index contributed by atoms with van der Waals surface area (Å²) in [6.07, 6.45) is 5.47. The third kappa shape index (κ3) is 2.73. The number of pyridine rings is 1. The van der Waals surface area contributed by atoms with Crippen molar-refractivity contribution in [2.45, 2.75) is 18.9 Å². The number of hydrogen-bond acceptors (Lipinski definition) is 5. The predicted octanol–water partition coefficient (Wildman–Crippen LogP) is 2.11. The Morgan fingerprint density at radius 3 is 2.84 bits per heavy atom. The highest BCUT2D eigenvalue weighted by atomic mass is 32.1. The number of amides is 1. The van der Waals surface area contributed by atoms with Crippen LogP contribution in [-0.4, -0.2) is 29.0 Å². The van der Waals surface area contributed by atoms with E-state index in [0.717, 1.165) is 23.4 Å². The number of carbonyl (C=O) groups is 1. The molecule has 1 saturated carbocycles. The normalized spacial score (nSPS) is 14.2. The van der Waals surface area contributed by atoms with E-state index >= 15 is 0 Å². The second-order valence-corrected chi connectivity index (χ2v) is 5.40. The first-order chi connectivity index (χ1) is 9.26. The molecule has 5 nitrogen and oxygen atoms in total. The molecule has 0 atom stereocenters. The van der Waals surface area contributed by atoms with Crippen LogP contribution in [-0.2, 0) is 0 Å². The van der Waals surface area contributed by atoms with Crippen molar-refractivity contribution in [1.82, 2.24) is 15.3 Å². The average Bonchev–Trinajstić information content (AvgIpc) is 3.11. The van der Waals surface area contributed by atoms with Gasteiger partial charge in [-0.1, -0.05) is 0 Å². The van der Waals surface area contributed by atoms with E-state index in [-0.39, 0.29) is 5.91 Å². The Morgan fingerprint density at radius 2 is 2.21 bits per heavy atom. The first-order valence-corrected chi connectivity index (χ1v) is 6.85. The Kier molecular flexibility index (Phi) is 3.16. The molecule has 6 heteroatoms. The third-order valence-corrected chi connectivity index (χ3v) is 3.88. The van der Waals surface area contributed by atoms with Crippen LogP contribution in [0.15, 0.2) is 24.5 Å². The summed E-state index contributed by atoms with van der Waals surface area (Å²) in [5.74, 6) is 0.528. The van der Waals surface area contributed by atoms with Gasteiger partial charge in [-0.05, 0) is 18.9 Å². The molecule has 1 fully saturated rings. The Bertz CT molecular complexity index is 590. The van der Waals surface area contributed by atoms with E-state index < -0.39 is 0 Å². The zero-order valence-electron chi connectivity index (χ0n) is 10.4. The monoisotopic (exact) mass is 275 g/mol. The van der Waals surface area contributed by atoms with E-state index in [2.05, 4.69) is 15.3 Å². The van der Waals surface area contributed by atoms with Gasteiger partial charge in [0.05, 0.1) is 13.3 Å². The van der Waals surface area contributed by atoms with Crippen LogP contribution in [0.5, 0.6) is 5.88 Å². The van der Waals surface area contributed by atoms with E-state index in [9.17, 15) is 4.79 Å². The Labute approximate surface area is 114 Å². The van der Waals surface area contributed by atoms with Crippen molar-refractivity contribution in [3.63, 3.8) is 0 Å². The minimum absolute atomic E-state index is 0.0345. The van der Waals surface area contributed by atoms with Gasteiger partial charge in [0.1, 0.15) is 9.88 Å². The van der Waals surface area contributed by atoms with Crippen LogP contribution in [0.25, 0.3) is 10.6 Å². The summed E-state index contributed by atoms with van der Waals surface area (Å²) in [4.78, 5) is 20.9. The lowest BCUT2D eigenvalue weighted by atomic mass is 10.3. The van der Waals surface area contributed by atoms with Crippen LogP contribution in [0.1, 0.15) is 22.5 Å². The van der Waals surface area contributed by atoms with E-state index in [0.29, 0.717) is 16.8 Å². The molecule has 2 aromatic heterocycles. The number of ether oxygens (including phenoxy) is 1. The summed E-state index contributed by atoms with van der Waals surface area (Å²) in [5.41, 5.74) is 0.885. The van der Waals surface area contributed by atoms with Crippen molar-refractivity contribution in [3.8, 4) is 16.5 Å². The average molecular weight is 275 g/mol. The van der Waals surface area contributed by atoms with Crippen LogP contribution < -0.4 is 10.1 Å². The zero-order chi connectivity index (χ0) is 13.2. The fourth-order valence-electron chi connectivity index (χ4n) is 1.62.